The Morgan fingerprint density at radius 2 is 0.694 bits per heavy atom. The van der Waals surface area contributed by atoms with Crippen molar-refractivity contribution >= 4 is 27.8 Å². The molecule has 0 amide bonds. The summed E-state index contributed by atoms with van der Waals surface area (Å²) in [7, 11) is 0. The third-order valence-electron chi connectivity index (χ3n) is 14.9. The van der Waals surface area contributed by atoms with Gasteiger partial charge in [-0.3, -0.25) is 0 Å². The lowest BCUT2D eigenvalue weighted by molar-refractivity contribution is 0.660. The van der Waals surface area contributed by atoms with E-state index in [4.69, 9.17) is 0 Å². The first-order valence-corrected chi connectivity index (χ1v) is 22.2. The molecule has 0 atom stereocenters. The molecule has 62 heavy (non-hydrogen) atoms. The molecule has 9 aromatic rings. The van der Waals surface area contributed by atoms with Gasteiger partial charge in [0.2, 0.25) is 0 Å². The summed E-state index contributed by atoms with van der Waals surface area (Å²) >= 11 is 0. The maximum absolute atomic E-state index is 2.46. The first kappa shape index (κ1) is 36.9. The predicted molar refractivity (Wildman–Crippen MR) is 262 cm³/mol. The Morgan fingerprint density at radius 3 is 1.26 bits per heavy atom. The van der Waals surface area contributed by atoms with Gasteiger partial charge >= 0.3 is 0 Å². The van der Waals surface area contributed by atoms with Crippen molar-refractivity contribution in [2.24, 2.45) is 0 Å². The normalized spacial score (nSPS) is 15.3. The van der Waals surface area contributed by atoms with E-state index in [1.807, 2.05) is 0 Å². The van der Waals surface area contributed by atoms with Gasteiger partial charge in [-0.2, -0.15) is 0 Å². The van der Waals surface area contributed by atoms with Gasteiger partial charge in [-0.15, -0.1) is 0 Å². The van der Waals surface area contributed by atoms with Crippen LogP contribution in [0.5, 0.6) is 0 Å². The summed E-state index contributed by atoms with van der Waals surface area (Å²) in [5.41, 5.74) is 24.6. The van der Waals surface area contributed by atoms with E-state index in [0.717, 1.165) is 5.69 Å². The average Bonchev–Trinajstić information content (AvgIpc) is 3.78. The summed E-state index contributed by atoms with van der Waals surface area (Å²) in [4.78, 5) is 2.46. The van der Waals surface area contributed by atoms with Gasteiger partial charge < -0.3 is 4.90 Å². The molecular formula is C61H49N. The van der Waals surface area contributed by atoms with Crippen molar-refractivity contribution in [3.63, 3.8) is 0 Å². The second-order valence-corrected chi connectivity index (χ2v) is 19.3. The van der Waals surface area contributed by atoms with E-state index in [2.05, 4.69) is 234 Å². The minimum Gasteiger partial charge on any atom is -0.310 e. The Labute approximate surface area is 366 Å². The Morgan fingerprint density at radius 1 is 0.290 bits per heavy atom. The van der Waals surface area contributed by atoms with Gasteiger partial charge in [0.15, 0.2) is 0 Å². The third-order valence-corrected chi connectivity index (χ3v) is 14.9. The second kappa shape index (κ2) is 13.0. The molecule has 0 fully saturated rings. The number of hydrogen-bond donors (Lipinski definition) is 0. The van der Waals surface area contributed by atoms with Crippen LogP contribution in [0, 0.1) is 0 Å². The van der Waals surface area contributed by atoms with Gasteiger partial charge in [0.1, 0.15) is 0 Å². The largest absolute Gasteiger partial charge is 0.310 e. The van der Waals surface area contributed by atoms with Crippen molar-refractivity contribution < 1.29 is 0 Å². The van der Waals surface area contributed by atoms with Crippen LogP contribution in [0.2, 0.25) is 0 Å². The zero-order chi connectivity index (χ0) is 42.1. The standard InChI is InChI=1S/C61H49N/c1-59(2)51-20-12-9-17-46(51)48-33-31-43(36-54(48)59)62(44-32-34-49-47-18-10-13-21-52(47)60(3,4)55(49)37-44)42-29-27-39(28-30-42)38-23-25-40(26-24-38)57-45-16-8-7-15-41(45)35-56-58(57)50-19-11-14-22-53(50)61(56,5)6/h7-37H,1-6H3. The van der Waals surface area contributed by atoms with E-state index >= 15 is 0 Å². The fourth-order valence-corrected chi connectivity index (χ4v) is 11.6. The fourth-order valence-electron chi connectivity index (χ4n) is 11.6. The molecule has 0 radical (unpaired) electrons. The second-order valence-electron chi connectivity index (χ2n) is 19.3. The molecule has 0 aromatic heterocycles. The topological polar surface area (TPSA) is 3.24 Å². The van der Waals surface area contributed by atoms with Crippen LogP contribution in [0.15, 0.2) is 188 Å². The minimum absolute atomic E-state index is 0.0672. The summed E-state index contributed by atoms with van der Waals surface area (Å²) in [6, 6.07) is 70.9. The summed E-state index contributed by atoms with van der Waals surface area (Å²) in [5.74, 6) is 0. The molecule has 1 nitrogen and oxygen atoms in total. The molecule has 0 bridgehead atoms. The molecule has 0 saturated heterocycles. The Balaban J connectivity index is 0.953. The highest BCUT2D eigenvalue weighted by Gasteiger charge is 2.39. The number of hydrogen-bond acceptors (Lipinski definition) is 1. The van der Waals surface area contributed by atoms with Crippen molar-refractivity contribution in [2.75, 3.05) is 4.90 Å². The molecule has 0 saturated carbocycles. The zero-order valence-corrected chi connectivity index (χ0v) is 36.3. The Hall–Kier alpha value is -6.96. The van der Waals surface area contributed by atoms with Crippen LogP contribution in [0.1, 0.15) is 74.9 Å². The fraction of sp³-hybridized carbons (Fsp3) is 0.148. The quantitative estimate of drug-likeness (QED) is 0.168. The van der Waals surface area contributed by atoms with E-state index in [1.54, 1.807) is 0 Å². The smallest absolute Gasteiger partial charge is 0.0465 e. The molecular weight excluding hydrogens is 747 g/mol. The minimum atomic E-state index is -0.100. The molecule has 9 aromatic carbocycles. The number of nitrogens with zero attached hydrogens (tertiary/aromatic N) is 1. The first-order chi connectivity index (χ1) is 30.0. The van der Waals surface area contributed by atoms with Crippen LogP contribution in [0.4, 0.5) is 17.1 Å². The van der Waals surface area contributed by atoms with Crippen LogP contribution in [-0.2, 0) is 16.2 Å². The van der Waals surface area contributed by atoms with Crippen molar-refractivity contribution in [1.82, 2.24) is 0 Å². The molecule has 0 spiro atoms. The van der Waals surface area contributed by atoms with E-state index in [1.165, 1.54) is 111 Å². The van der Waals surface area contributed by atoms with Gasteiger partial charge in [-0.1, -0.05) is 187 Å². The van der Waals surface area contributed by atoms with Gasteiger partial charge in [-0.05, 0) is 142 Å². The molecule has 0 unspecified atom stereocenters. The molecule has 3 aliphatic carbocycles. The van der Waals surface area contributed by atoms with Crippen LogP contribution < -0.4 is 4.90 Å². The molecule has 1 heteroatoms. The van der Waals surface area contributed by atoms with Gasteiger partial charge in [0, 0.05) is 33.3 Å². The van der Waals surface area contributed by atoms with Crippen molar-refractivity contribution in [3.8, 4) is 55.6 Å². The van der Waals surface area contributed by atoms with E-state index in [0.29, 0.717) is 0 Å². The Kier molecular flexibility index (Phi) is 7.74. The predicted octanol–water partition coefficient (Wildman–Crippen LogP) is 16.6. The van der Waals surface area contributed by atoms with Crippen molar-refractivity contribution in [2.45, 2.75) is 57.8 Å². The van der Waals surface area contributed by atoms with Crippen LogP contribution >= 0.6 is 0 Å². The van der Waals surface area contributed by atoms with Crippen LogP contribution in [0.25, 0.3) is 66.4 Å². The molecule has 3 aliphatic rings. The summed E-state index contributed by atoms with van der Waals surface area (Å²) in [6.07, 6.45) is 0. The highest BCUT2D eigenvalue weighted by molar-refractivity contribution is 6.08. The zero-order valence-electron chi connectivity index (χ0n) is 36.3. The maximum Gasteiger partial charge on any atom is 0.0465 e. The van der Waals surface area contributed by atoms with Gasteiger partial charge in [-0.25, -0.2) is 0 Å². The summed E-state index contributed by atoms with van der Waals surface area (Å²) < 4.78 is 0. The molecule has 12 rings (SSSR count). The lowest BCUT2D eigenvalue weighted by atomic mass is 9.80. The molecule has 298 valence electrons. The van der Waals surface area contributed by atoms with Crippen molar-refractivity contribution in [1.29, 1.82) is 0 Å². The van der Waals surface area contributed by atoms with E-state index in [9.17, 15) is 0 Å². The molecule has 0 aliphatic heterocycles. The summed E-state index contributed by atoms with van der Waals surface area (Å²) in [6.45, 7) is 14.2. The first-order valence-electron chi connectivity index (χ1n) is 22.2. The van der Waals surface area contributed by atoms with E-state index < -0.39 is 0 Å². The van der Waals surface area contributed by atoms with Gasteiger partial charge in [0.25, 0.3) is 0 Å². The van der Waals surface area contributed by atoms with Gasteiger partial charge in [0.05, 0.1) is 0 Å². The lowest BCUT2D eigenvalue weighted by Crippen LogP contribution is -2.18. The lowest BCUT2D eigenvalue weighted by Gasteiger charge is -2.30. The molecule has 0 N–H and O–H groups in total. The maximum atomic E-state index is 2.46. The number of rotatable bonds is 5. The third kappa shape index (κ3) is 5.15. The monoisotopic (exact) mass is 795 g/mol. The average molecular weight is 796 g/mol. The molecule has 0 heterocycles. The van der Waals surface area contributed by atoms with Crippen molar-refractivity contribution in [3.05, 3.63) is 221 Å². The number of anilines is 3. The van der Waals surface area contributed by atoms with Crippen LogP contribution in [-0.4, -0.2) is 0 Å². The number of fused-ring (bicyclic) bond motifs is 10. The number of benzene rings is 9. The highest BCUT2D eigenvalue weighted by atomic mass is 15.1. The van der Waals surface area contributed by atoms with Crippen LogP contribution in [0.3, 0.4) is 0 Å². The Bertz CT molecular complexity index is 3200. The van der Waals surface area contributed by atoms with E-state index in [-0.39, 0.29) is 16.2 Å². The summed E-state index contributed by atoms with van der Waals surface area (Å²) in [5, 5.41) is 2.59. The highest BCUT2D eigenvalue weighted by Crippen LogP contribution is 2.56. The SMILES string of the molecule is CC1(C)c2ccccc2-c2ccc(N(c3ccc(-c4ccc(-c5c6c(cc7ccccc57)C(C)(C)c5ccccc5-6)cc4)cc3)c3ccc4c(c3)C(C)(C)c3ccccc3-4)cc21.